The lowest BCUT2D eigenvalue weighted by Crippen LogP contribution is -2.48. The summed E-state index contributed by atoms with van der Waals surface area (Å²) in [7, 11) is 0. The van der Waals surface area contributed by atoms with E-state index in [-0.39, 0.29) is 12.2 Å². The number of hydrogen-bond donors (Lipinski definition) is 3. The molecule has 0 aliphatic heterocycles. The van der Waals surface area contributed by atoms with E-state index in [1.54, 1.807) is 0 Å². The highest BCUT2D eigenvalue weighted by atomic mass is 19.1. The lowest BCUT2D eigenvalue weighted by atomic mass is 9.99. The van der Waals surface area contributed by atoms with Gasteiger partial charge in [-0.15, -0.1) is 0 Å². The summed E-state index contributed by atoms with van der Waals surface area (Å²) in [5.74, 6) is -0.768. The third-order valence-corrected chi connectivity index (χ3v) is 2.15. The highest BCUT2D eigenvalue weighted by Gasteiger charge is 2.26. The minimum Gasteiger partial charge on any atom is -0.324 e. The van der Waals surface area contributed by atoms with Gasteiger partial charge in [-0.2, -0.15) is 0 Å². The van der Waals surface area contributed by atoms with Crippen molar-refractivity contribution in [2.45, 2.75) is 18.9 Å². The molecule has 16 heavy (non-hydrogen) atoms. The third-order valence-electron chi connectivity index (χ3n) is 2.15. The number of amides is 1. The summed E-state index contributed by atoms with van der Waals surface area (Å²) in [4.78, 5) is 11.7. The first-order valence-electron chi connectivity index (χ1n) is 4.80. The quantitative estimate of drug-likeness (QED) is 0.676. The van der Waals surface area contributed by atoms with Crippen LogP contribution in [0, 0.1) is 11.2 Å². The highest BCUT2D eigenvalue weighted by Crippen LogP contribution is 2.12. The smallest absolute Gasteiger partial charge is 0.244 e. The molecule has 1 rings (SSSR count). The van der Waals surface area contributed by atoms with Crippen molar-refractivity contribution in [2.75, 3.05) is 5.32 Å². The SMILES string of the molecule is CC(N)(CC=N)C(=O)Nc1ccc(F)cc1. The average Bonchev–Trinajstić information content (AvgIpc) is 2.21. The predicted molar refractivity (Wildman–Crippen MR) is 61.0 cm³/mol. The van der Waals surface area contributed by atoms with Crippen molar-refractivity contribution in [3.63, 3.8) is 0 Å². The number of nitrogens with two attached hydrogens (primary N) is 1. The Labute approximate surface area is 93.2 Å². The molecule has 0 fully saturated rings. The number of hydrogen-bond acceptors (Lipinski definition) is 3. The van der Waals surface area contributed by atoms with Gasteiger partial charge in [-0.1, -0.05) is 0 Å². The van der Waals surface area contributed by atoms with E-state index in [1.807, 2.05) is 0 Å². The first kappa shape index (κ1) is 12.3. The van der Waals surface area contributed by atoms with Gasteiger partial charge in [0.2, 0.25) is 5.91 Å². The molecule has 0 saturated heterocycles. The molecular weight excluding hydrogens is 209 g/mol. The van der Waals surface area contributed by atoms with Crippen LogP contribution >= 0.6 is 0 Å². The van der Waals surface area contributed by atoms with E-state index in [2.05, 4.69) is 5.32 Å². The summed E-state index contributed by atoms with van der Waals surface area (Å²) >= 11 is 0. The molecule has 4 N–H and O–H groups in total. The second-order valence-electron chi connectivity index (χ2n) is 3.79. The van der Waals surface area contributed by atoms with Gasteiger partial charge in [0.05, 0.1) is 5.54 Å². The van der Waals surface area contributed by atoms with Gasteiger partial charge >= 0.3 is 0 Å². The van der Waals surface area contributed by atoms with E-state index >= 15 is 0 Å². The van der Waals surface area contributed by atoms with Gasteiger partial charge in [0.1, 0.15) is 5.82 Å². The lowest BCUT2D eigenvalue weighted by molar-refractivity contribution is -0.120. The predicted octanol–water partition coefficient (Wildman–Crippen LogP) is 1.52. The Balaban J connectivity index is 2.71. The summed E-state index contributed by atoms with van der Waals surface area (Å²) in [5.41, 5.74) is 5.06. The topological polar surface area (TPSA) is 79.0 Å². The molecule has 1 aromatic carbocycles. The monoisotopic (exact) mass is 223 g/mol. The first-order valence-corrected chi connectivity index (χ1v) is 4.80. The second-order valence-corrected chi connectivity index (χ2v) is 3.79. The number of rotatable bonds is 4. The molecule has 1 amide bonds. The van der Waals surface area contributed by atoms with Crippen molar-refractivity contribution in [3.05, 3.63) is 30.1 Å². The molecule has 0 bridgehead atoms. The number of anilines is 1. The Bertz CT molecular complexity index is 387. The van der Waals surface area contributed by atoms with E-state index in [9.17, 15) is 9.18 Å². The van der Waals surface area contributed by atoms with Crippen LogP contribution in [0.5, 0.6) is 0 Å². The Morgan fingerprint density at radius 3 is 2.62 bits per heavy atom. The van der Waals surface area contributed by atoms with Gasteiger partial charge in [-0.25, -0.2) is 4.39 Å². The maximum Gasteiger partial charge on any atom is 0.244 e. The Morgan fingerprint density at radius 1 is 1.56 bits per heavy atom. The minimum atomic E-state index is -1.13. The molecule has 0 aromatic heterocycles. The van der Waals surface area contributed by atoms with Crippen molar-refractivity contribution in [1.29, 1.82) is 5.41 Å². The fourth-order valence-corrected chi connectivity index (χ4v) is 1.11. The molecule has 4 nitrogen and oxygen atoms in total. The second kappa shape index (κ2) is 4.85. The number of nitrogens with one attached hydrogen (secondary N) is 2. The molecule has 0 heterocycles. The Morgan fingerprint density at radius 2 is 2.12 bits per heavy atom. The maximum atomic E-state index is 12.6. The lowest BCUT2D eigenvalue weighted by Gasteiger charge is -2.21. The normalized spacial score (nSPS) is 13.9. The zero-order valence-electron chi connectivity index (χ0n) is 8.96. The van der Waals surface area contributed by atoms with Gasteiger partial charge in [0.25, 0.3) is 0 Å². The number of carbonyl (C=O) groups is 1. The van der Waals surface area contributed by atoms with E-state index in [0.29, 0.717) is 5.69 Å². The maximum absolute atomic E-state index is 12.6. The van der Waals surface area contributed by atoms with Crippen LogP contribution in [0.4, 0.5) is 10.1 Å². The molecule has 0 aliphatic carbocycles. The molecule has 1 aromatic rings. The summed E-state index contributed by atoms with van der Waals surface area (Å²) in [6.07, 6.45) is 1.24. The molecule has 1 atom stereocenters. The van der Waals surface area contributed by atoms with Crippen LogP contribution in [-0.2, 0) is 4.79 Å². The zero-order valence-corrected chi connectivity index (χ0v) is 8.96. The van der Waals surface area contributed by atoms with Crippen molar-refractivity contribution >= 4 is 17.8 Å². The molecule has 86 valence electrons. The summed E-state index contributed by atoms with van der Waals surface area (Å²) in [6.45, 7) is 1.54. The van der Waals surface area contributed by atoms with Crippen LogP contribution in [-0.4, -0.2) is 17.7 Å². The van der Waals surface area contributed by atoms with E-state index in [1.165, 1.54) is 31.2 Å². The summed E-state index contributed by atoms with van der Waals surface area (Å²) < 4.78 is 12.6. The highest BCUT2D eigenvalue weighted by molar-refractivity contribution is 5.99. The van der Waals surface area contributed by atoms with Gasteiger partial charge < -0.3 is 16.5 Å². The van der Waals surface area contributed by atoms with Crippen LogP contribution in [0.25, 0.3) is 0 Å². The zero-order chi connectivity index (χ0) is 12.2. The summed E-state index contributed by atoms with van der Waals surface area (Å²) in [5, 5.41) is 9.49. The minimum absolute atomic E-state index is 0.153. The molecule has 5 heteroatoms. The largest absolute Gasteiger partial charge is 0.324 e. The summed E-state index contributed by atoms with van der Waals surface area (Å²) in [6, 6.07) is 5.40. The van der Waals surface area contributed by atoms with Gasteiger partial charge in [0.15, 0.2) is 0 Å². The van der Waals surface area contributed by atoms with Gasteiger partial charge in [-0.3, -0.25) is 4.79 Å². The van der Waals surface area contributed by atoms with Crippen LogP contribution in [0.15, 0.2) is 24.3 Å². The first-order chi connectivity index (χ1) is 7.45. The van der Waals surface area contributed by atoms with Crippen LogP contribution in [0.2, 0.25) is 0 Å². The molecule has 1 unspecified atom stereocenters. The standard InChI is InChI=1S/C11H14FN3O/c1-11(14,6-7-13)10(16)15-9-4-2-8(12)3-5-9/h2-5,7,13H,6,14H2,1H3,(H,15,16). The van der Waals surface area contributed by atoms with Gasteiger partial charge in [0, 0.05) is 12.1 Å². The molecule has 0 radical (unpaired) electrons. The van der Waals surface area contributed by atoms with E-state index < -0.39 is 11.4 Å². The van der Waals surface area contributed by atoms with Gasteiger partial charge in [-0.05, 0) is 37.4 Å². The van der Waals surface area contributed by atoms with Crippen molar-refractivity contribution in [3.8, 4) is 0 Å². The average molecular weight is 223 g/mol. The number of halogens is 1. The van der Waals surface area contributed by atoms with Crippen molar-refractivity contribution < 1.29 is 9.18 Å². The number of carbonyl (C=O) groups excluding carboxylic acids is 1. The van der Waals surface area contributed by atoms with Crippen LogP contribution < -0.4 is 11.1 Å². The van der Waals surface area contributed by atoms with E-state index in [4.69, 9.17) is 11.1 Å². The fourth-order valence-electron chi connectivity index (χ4n) is 1.11. The fraction of sp³-hybridized carbons (Fsp3) is 0.273. The molecule has 0 aliphatic rings. The number of benzene rings is 1. The van der Waals surface area contributed by atoms with Crippen LogP contribution in [0.1, 0.15) is 13.3 Å². The van der Waals surface area contributed by atoms with Crippen molar-refractivity contribution in [2.24, 2.45) is 5.73 Å². The third kappa shape index (κ3) is 3.13. The van der Waals surface area contributed by atoms with Crippen LogP contribution in [0.3, 0.4) is 0 Å². The van der Waals surface area contributed by atoms with Crippen molar-refractivity contribution in [1.82, 2.24) is 0 Å². The molecule has 0 spiro atoms. The molecular formula is C11H14FN3O. The van der Waals surface area contributed by atoms with E-state index in [0.717, 1.165) is 6.21 Å². The molecule has 0 saturated carbocycles. The Hall–Kier alpha value is -1.75. The Kier molecular flexibility index (Phi) is 3.73.